The highest BCUT2D eigenvalue weighted by Gasteiger charge is 2.35. The number of benzene rings is 3. The molecule has 0 bridgehead atoms. The predicted molar refractivity (Wildman–Crippen MR) is 150 cm³/mol. The fraction of sp³-hybridized carbons (Fsp3) is 0.375. The van der Waals surface area contributed by atoms with Crippen molar-refractivity contribution in [2.24, 2.45) is 5.92 Å². The Bertz CT molecular complexity index is 1300. The highest BCUT2D eigenvalue weighted by atomic mass is 19.1. The summed E-state index contributed by atoms with van der Waals surface area (Å²) < 4.78 is 25.3. The van der Waals surface area contributed by atoms with E-state index in [1.54, 1.807) is 35.2 Å². The minimum Gasteiger partial charge on any atom is -0.478 e. The smallest absolute Gasteiger partial charge is 0.335 e. The first-order valence-corrected chi connectivity index (χ1v) is 13.7. The minimum absolute atomic E-state index is 0.0553. The molecule has 212 valence electrons. The molecule has 7 nitrogen and oxygen atoms in total. The Morgan fingerprint density at radius 3 is 1.90 bits per heavy atom. The Kier molecular flexibility index (Phi) is 9.42. The second-order valence-electron chi connectivity index (χ2n) is 10.5. The fourth-order valence-corrected chi connectivity index (χ4v) is 5.07. The van der Waals surface area contributed by atoms with Crippen molar-refractivity contribution < 1.29 is 33.7 Å². The monoisotopic (exact) mass is 549 g/mol. The van der Waals surface area contributed by atoms with Gasteiger partial charge in [0.25, 0.3) is 0 Å². The molecule has 1 aliphatic rings. The van der Waals surface area contributed by atoms with Crippen molar-refractivity contribution in [2.45, 2.75) is 58.0 Å². The molecule has 0 atom stereocenters. The molecule has 8 heteroatoms. The molecule has 0 radical (unpaired) electrons. The number of ether oxygens (including phenoxy) is 2. The molecule has 0 aliphatic carbocycles. The fourth-order valence-electron chi connectivity index (χ4n) is 5.07. The van der Waals surface area contributed by atoms with Gasteiger partial charge in [-0.05, 0) is 91.4 Å². The molecule has 1 saturated heterocycles. The Balaban J connectivity index is 1.49. The van der Waals surface area contributed by atoms with E-state index in [-0.39, 0.29) is 23.7 Å². The molecule has 40 heavy (non-hydrogen) atoms. The molecule has 1 aliphatic heterocycles. The SMILES string of the molecule is CCC(CC)CC1(O)CCN(C(=O)Cc2cc(Oc3ccc(F)cc3)cc(Oc3ccc(C(=O)O)cc3)c2)CC1. The lowest BCUT2D eigenvalue weighted by Gasteiger charge is -2.40. The maximum absolute atomic E-state index is 13.4. The van der Waals surface area contributed by atoms with Crippen molar-refractivity contribution in [2.75, 3.05) is 13.1 Å². The number of aliphatic hydroxyl groups is 1. The summed E-state index contributed by atoms with van der Waals surface area (Å²) in [5, 5.41) is 20.2. The lowest BCUT2D eigenvalue weighted by atomic mass is 9.81. The topological polar surface area (TPSA) is 96.3 Å². The number of carboxylic acids is 1. The normalized spacial score (nSPS) is 14.7. The summed E-state index contributed by atoms with van der Waals surface area (Å²) >= 11 is 0. The van der Waals surface area contributed by atoms with E-state index in [2.05, 4.69) is 13.8 Å². The number of piperidine rings is 1. The molecule has 0 spiro atoms. The maximum Gasteiger partial charge on any atom is 0.335 e. The summed E-state index contributed by atoms with van der Waals surface area (Å²) in [6, 6.07) is 16.8. The number of carboxylic acid groups (broad SMARTS) is 1. The van der Waals surface area contributed by atoms with Gasteiger partial charge >= 0.3 is 5.97 Å². The number of nitrogens with zero attached hydrogens (tertiary/aromatic N) is 1. The lowest BCUT2D eigenvalue weighted by molar-refractivity contribution is -0.135. The van der Waals surface area contributed by atoms with Crippen LogP contribution in [0.25, 0.3) is 0 Å². The first kappa shape index (κ1) is 29.1. The molecule has 0 unspecified atom stereocenters. The third-order valence-electron chi connectivity index (χ3n) is 7.55. The maximum atomic E-state index is 13.4. The predicted octanol–water partition coefficient (Wildman–Crippen LogP) is 6.83. The quantitative estimate of drug-likeness (QED) is 0.272. The first-order valence-electron chi connectivity index (χ1n) is 13.7. The van der Waals surface area contributed by atoms with Gasteiger partial charge in [-0.25, -0.2) is 9.18 Å². The van der Waals surface area contributed by atoms with E-state index in [0.717, 1.165) is 19.3 Å². The molecule has 0 aromatic heterocycles. The van der Waals surface area contributed by atoms with E-state index in [4.69, 9.17) is 14.6 Å². The molecule has 3 aromatic carbocycles. The number of hydrogen-bond donors (Lipinski definition) is 2. The number of amides is 1. The van der Waals surface area contributed by atoms with E-state index in [1.807, 2.05) is 0 Å². The van der Waals surface area contributed by atoms with Crippen LogP contribution in [0, 0.1) is 11.7 Å². The molecule has 1 fully saturated rings. The largest absolute Gasteiger partial charge is 0.478 e. The van der Waals surface area contributed by atoms with Crippen molar-refractivity contribution in [1.82, 2.24) is 4.90 Å². The van der Waals surface area contributed by atoms with E-state index >= 15 is 0 Å². The number of carbonyl (C=O) groups is 2. The molecule has 4 rings (SSSR count). The van der Waals surface area contributed by atoms with Crippen LogP contribution in [0.3, 0.4) is 0 Å². The molecule has 2 N–H and O–H groups in total. The number of rotatable bonds is 11. The summed E-state index contributed by atoms with van der Waals surface area (Å²) in [6.07, 6.45) is 4.06. The van der Waals surface area contributed by atoms with Crippen LogP contribution >= 0.6 is 0 Å². The minimum atomic E-state index is -1.03. The first-order chi connectivity index (χ1) is 19.2. The molecule has 1 heterocycles. The van der Waals surface area contributed by atoms with E-state index < -0.39 is 11.6 Å². The van der Waals surface area contributed by atoms with Crippen molar-refractivity contribution in [1.29, 1.82) is 0 Å². The van der Waals surface area contributed by atoms with E-state index in [0.29, 0.717) is 60.4 Å². The van der Waals surface area contributed by atoms with Gasteiger partial charge in [-0.2, -0.15) is 0 Å². The lowest BCUT2D eigenvalue weighted by Crippen LogP contribution is -2.47. The van der Waals surface area contributed by atoms with Crippen LogP contribution in [0.4, 0.5) is 4.39 Å². The van der Waals surface area contributed by atoms with Gasteiger partial charge in [0.05, 0.1) is 17.6 Å². The highest BCUT2D eigenvalue weighted by Crippen LogP contribution is 2.33. The van der Waals surface area contributed by atoms with Crippen LogP contribution in [0.1, 0.15) is 61.9 Å². The van der Waals surface area contributed by atoms with Crippen LogP contribution in [0.15, 0.2) is 66.7 Å². The number of carbonyl (C=O) groups excluding carboxylic acids is 1. The molecule has 0 saturated carbocycles. The Hall–Kier alpha value is -3.91. The van der Waals surface area contributed by atoms with Gasteiger partial charge in [0.15, 0.2) is 0 Å². The number of aromatic carboxylic acids is 1. The van der Waals surface area contributed by atoms with Gasteiger partial charge in [0.1, 0.15) is 28.8 Å². The third kappa shape index (κ3) is 7.82. The van der Waals surface area contributed by atoms with Crippen LogP contribution < -0.4 is 9.47 Å². The van der Waals surface area contributed by atoms with Gasteiger partial charge in [-0.1, -0.05) is 26.7 Å². The van der Waals surface area contributed by atoms with Crippen LogP contribution in [0.2, 0.25) is 0 Å². The zero-order valence-electron chi connectivity index (χ0n) is 22.9. The number of hydrogen-bond acceptors (Lipinski definition) is 5. The Labute approximate surface area is 234 Å². The Morgan fingerprint density at radius 1 is 0.875 bits per heavy atom. The zero-order valence-corrected chi connectivity index (χ0v) is 22.9. The summed E-state index contributed by atoms with van der Waals surface area (Å²) in [6.45, 7) is 5.29. The average molecular weight is 550 g/mol. The summed E-state index contributed by atoms with van der Waals surface area (Å²) in [7, 11) is 0. The molecular weight excluding hydrogens is 513 g/mol. The van der Waals surface area contributed by atoms with Gasteiger partial charge in [0.2, 0.25) is 5.91 Å². The van der Waals surface area contributed by atoms with E-state index in [9.17, 15) is 19.1 Å². The number of halogens is 1. The number of likely N-dealkylation sites (tertiary alicyclic amines) is 1. The standard InChI is InChI=1S/C32H36FNO6/c1-3-22(4-2)21-32(38)13-15-34(16-14-32)30(35)19-23-17-28(39-26-9-5-24(6-10-26)31(36)37)20-29(18-23)40-27-11-7-25(33)8-12-27/h5-12,17-18,20,22,38H,3-4,13-16,19,21H2,1-2H3,(H,36,37). The van der Waals surface area contributed by atoms with Crippen LogP contribution in [0.5, 0.6) is 23.0 Å². The van der Waals surface area contributed by atoms with Crippen molar-refractivity contribution >= 4 is 11.9 Å². The van der Waals surface area contributed by atoms with Crippen molar-refractivity contribution in [3.63, 3.8) is 0 Å². The van der Waals surface area contributed by atoms with Gasteiger partial charge < -0.3 is 24.6 Å². The average Bonchev–Trinajstić information content (AvgIpc) is 2.93. The van der Waals surface area contributed by atoms with Gasteiger partial charge in [0, 0.05) is 19.2 Å². The molecule has 1 amide bonds. The van der Waals surface area contributed by atoms with Crippen molar-refractivity contribution in [3.05, 3.63) is 83.7 Å². The molecular formula is C32H36FNO6. The van der Waals surface area contributed by atoms with Crippen LogP contribution in [-0.2, 0) is 11.2 Å². The summed E-state index contributed by atoms with van der Waals surface area (Å²) in [5.74, 6) is 0.678. The molecule has 3 aromatic rings. The Morgan fingerprint density at radius 2 is 1.40 bits per heavy atom. The van der Waals surface area contributed by atoms with Crippen LogP contribution in [-0.4, -0.2) is 45.7 Å². The zero-order chi connectivity index (χ0) is 28.7. The second-order valence-corrected chi connectivity index (χ2v) is 10.5. The third-order valence-corrected chi connectivity index (χ3v) is 7.55. The van der Waals surface area contributed by atoms with Gasteiger partial charge in [-0.15, -0.1) is 0 Å². The second kappa shape index (κ2) is 13.0. The van der Waals surface area contributed by atoms with E-state index in [1.165, 1.54) is 36.4 Å². The summed E-state index contributed by atoms with van der Waals surface area (Å²) in [4.78, 5) is 26.2. The van der Waals surface area contributed by atoms with Gasteiger partial charge in [-0.3, -0.25) is 4.79 Å². The summed E-state index contributed by atoms with van der Waals surface area (Å²) in [5.41, 5.74) is 0.0770. The van der Waals surface area contributed by atoms with Crippen molar-refractivity contribution in [3.8, 4) is 23.0 Å². The highest BCUT2D eigenvalue weighted by molar-refractivity contribution is 5.87.